The lowest BCUT2D eigenvalue weighted by Gasteiger charge is -2.12. The number of hydrogen-bond acceptors (Lipinski definition) is 3. The molecule has 0 bridgehead atoms. The lowest BCUT2D eigenvalue weighted by atomic mass is 10.3. The molecule has 0 heterocycles. The number of methoxy groups -OCH3 is 1. The number of rotatable bonds is 4. The van der Waals surface area contributed by atoms with Crippen LogP contribution in [0.2, 0.25) is 10.0 Å². The molecule has 0 amide bonds. The van der Waals surface area contributed by atoms with E-state index in [1.807, 2.05) is 0 Å². The summed E-state index contributed by atoms with van der Waals surface area (Å²) in [5.41, 5.74) is 0.208. The fourth-order valence-corrected chi connectivity index (χ4v) is 3.51. The highest BCUT2D eigenvalue weighted by Crippen LogP contribution is 2.37. The van der Waals surface area contributed by atoms with Gasteiger partial charge in [0.15, 0.2) is 0 Å². The Morgan fingerprint density at radius 2 is 1.67 bits per heavy atom. The molecule has 0 aromatic heterocycles. The van der Waals surface area contributed by atoms with Crippen LogP contribution in [0.15, 0.2) is 41.3 Å². The van der Waals surface area contributed by atoms with Crippen LogP contribution >= 0.6 is 23.2 Å². The normalized spacial score (nSPS) is 11.2. The molecular formula is C13H10Cl2FNO3S. The van der Waals surface area contributed by atoms with Gasteiger partial charge in [0, 0.05) is 5.69 Å². The van der Waals surface area contributed by atoms with Crippen molar-refractivity contribution in [2.75, 3.05) is 11.8 Å². The molecule has 0 aliphatic carbocycles. The fourth-order valence-electron chi connectivity index (χ4n) is 1.61. The minimum absolute atomic E-state index is 0.00106. The summed E-state index contributed by atoms with van der Waals surface area (Å²) in [5.74, 6) is -0.203. The van der Waals surface area contributed by atoms with Crippen LogP contribution in [0.3, 0.4) is 0 Å². The van der Waals surface area contributed by atoms with Gasteiger partial charge in [-0.15, -0.1) is 0 Å². The van der Waals surface area contributed by atoms with Crippen LogP contribution in [0.4, 0.5) is 10.1 Å². The molecule has 0 aliphatic rings. The van der Waals surface area contributed by atoms with E-state index < -0.39 is 15.8 Å². The van der Waals surface area contributed by atoms with Gasteiger partial charge in [-0.25, -0.2) is 12.8 Å². The molecule has 0 aliphatic heterocycles. The predicted molar refractivity (Wildman–Crippen MR) is 80.2 cm³/mol. The second-order valence-electron chi connectivity index (χ2n) is 4.01. The molecule has 2 rings (SSSR count). The Morgan fingerprint density at radius 1 is 1.05 bits per heavy atom. The molecule has 0 radical (unpaired) electrons. The molecule has 0 unspecified atom stereocenters. The lowest BCUT2D eigenvalue weighted by Crippen LogP contribution is -2.13. The first kappa shape index (κ1) is 15.9. The van der Waals surface area contributed by atoms with Crippen LogP contribution in [0.5, 0.6) is 5.75 Å². The third-order valence-electron chi connectivity index (χ3n) is 2.62. The average molecular weight is 350 g/mol. The van der Waals surface area contributed by atoms with E-state index in [1.54, 1.807) is 0 Å². The molecule has 8 heteroatoms. The summed E-state index contributed by atoms with van der Waals surface area (Å²) in [5, 5.41) is -0.147. The van der Waals surface area contributed by atoms with Gasteiger partial charge in [-0.3, -0.25) is 4.72 Å². The van der Waals surface area contributed by atoms with Crippen molar-refractivity contribution in [2.24, 2.45) is 0 Å². The minimum atomic E-state index is -3.95. The number of hydrogen-bond donors (Lipinski definition) is 1. The zero-order valence-electron chi connectivity index (χ0n) is 10.7. The second kappa shape index (κ2) is 6.09. The van der Waals surface area contributed by atoms with Crippen molar-refractivity contribution >= 4 is 38.9 Å². The zero-order chi connectivity index (χ0) is 15.6. The summed E-state index contributed by atoms with van der Waals surface area (Å²) in [4.78, 5) is -0.195. The number of ether oxygens (including phenoxy) is 1. The summed E-state index contributed by atoms with van der Waals surface area (Å²) < 4.78 is 44.6. The summed E-state index contributed by atoms with van der Waals surface area (Å²) in [6, 6.07) is 7.55. The molecule has 4 nitrogen and oxygen atoms in total. The molecule has 2 aromatic carbocycles. The quantitative estimate of drug-likeness (QED) is 0.909. The van der Waals surface area contributed by atoms with Gasteiger partial charge in [0.1, 0.15) is 21.5 Å². The first-order valence-electron chi connectivity index (χ1n) is 5.65. The van der Waals surface area contributed by atoms with E-state index in [1.165, 1.54) is 31.4 Å². The lowest BCUT2D eigenvalue weighted by molar-refractivity contribution is 0.414. The Balaban J connectivity index is 2.40. The van der Waals surface area contributed by atoms with Crippen molar-refractivity contribution < 1.29 is 17.5 Å². The molecule has 0 saturated carbocycles. The Morgan fingerprint density at radius 3 is 2.24 bits per heavy atom. The van der Waals surface area contributed by atoms with Gasteiger partial charge in [-0.05, 0) is 36.4 Å². The molecule has 0 saturated heterocycles. The van der Waals surface area contributed by atoms with Gasteiger partial charge in [0.2, 0.25) is 0 Å². The Bertz CT molecular complexity index is 764. The van der Waals surface area contributed by atoms with E-state index in [4.69, 9.17) is 27.9 Å². The zero-order valence-corrected chi connectivity index (χ0v) is 13.1. The van der Waals surface area contributed by atoms with E-state index in [2.05, 4.69) is 4.72 Å². The number of sulfonamides is 1. The highest BCUT2D eigenvalue weighted by molar-refractivity contribution is 7.92. The van der Waals surface area contributed by atoms with Gasteiger partial charge < -0.3 is 4.74 Å². The standard InChI is InChI=1S/C13H10Cl2FNO3S/c1-20-10-6-7-11(13(15)12(10)14)21(18,19)17-9-4-2-8(16)3-5-9/h2-7,17H,1H3. The molecule has 0 spiro atoms. The van der Waals surface area contributed by atoms with Crippen molar-refractivity contribution in [1.82, 2.24) is 0 Å². The Hall–Kier alpha value is -1.50. The van der Waals surface area contributed by atoms with Crippen molar-refractivity contribution in [1.29, 1.82) is 0 Å². The van der Waals surface area contributed by atoms with Crippen LogP contribution in [-0.4, -0.2) is 15.5 Å². The maximum Gasteiger partial charge on any atom is 0.263 e. The van der Waals surface area contributed by atoms with Gasteiger partial charge in [-0.1, -0.05) is 23.2 Å². The van der Waals surface area contributed by atoms with E-state index in [9.17, 15) is 12.8 Å². The number of benzene rings is 2. The average Bonchev–Trinajstić information content (AvgIpc) is 2.44. The highest BCUT2D eigenvalue weighted by atomic mass is 35.5. The highest BCUT2D eigenvalue weighted by Gasteiger charge is 2.22. The summed E-state index contributed by atoms with van der Waals surface area (Å²) in [7, 11) is -2.56. The Labute approximate surface area is 131 Å². The van der Waals surface area contributed by atoms with Gasteiger partial charge in [0.05, 0.1) is 12.1 Å². The topological polar surface area (TPSA) is 55.4 Å². The summed E-state index contributed by atoms with van der Waals surface area (Å²) >= 11 is 11.9. The number of halogens is 3. The van der Waals surface area contributed by atoms with Crippen molar-refractivity contribution in [3.8, 4) is 5.75 Å². The second-order valence-corrected chi connectivity index (χ2v) is 6.41. The third kappa shape index (κ3) is 3.40. The van der Waals surface area contributed by atoms with Crippen LogP contribution in [-0.2, 0) is 10.0 Å². The molecule has 21 heavy (non-hydrogen) atoms. The molecule has 112 valence electrons. The van der Waals surface area contributed by atoms with E-state index in [-0.39, 0.29) is 26.4 Å². The molecule has 1 N–H and O–H groups in total. The maximum atomic E-state index is 12.8. The maximum absolute atomic E-state index is 12.8. The first-order chi connectivity index (χ1) is 9.85. The number of anilines is 1. The predicted octanol–water partition coefficient (Wildman–Crippen LogP) is 3.94. The van der Waals surface area contributed by atoms with Gasteiger partial charge in [-0.2, -0.15) is 0 Å². The largest absolute Gasteiger partial charge is 0.495 e. The minimum Gasteiger partial charge on any atom is -0.495 e. The monoisotopic (exact) mass is 349 g/mol. The van der Waals surface area contributed by atoms with Crippen LogP contribution < -0.4 is 9.46 Å². The Kier molecular flexibility index (Phi) is 4.61. The third-order valence-corrected chi connectivity index (χ3v) is 5.02. The van der Waals surface area contributed by atoms with E-state index in [0.29, 0.717) is 0 Å². The van der Waals surface area contributed by atoms with Crippen LogP contribution in [0, 0.1) is 5.82 Å². The van der Waals surface area contributed by atoms with Crippen molar-refractivity contribution in [3.05, 3.63) is 52.3 Å². The molecule has 2 aromatic rings. The molecular weight excluding hydrogens is 340 g/mol. The smallest absolute Gasteiger partial charge is 0.263 e. The summed E-state index contributed by atoms with van der Waals surface area (Å²) in [6.45, 7) is 0. The van der Waals surface area contributed by atoms with E-state index >= 15 is 0 Å². The van der Waals surface area contributed by atoms with Crippen LogP contribution in [0.1, 0.15) is 0 Å². The van der Waals surface area contributed by atoms with Crippen molar-refractivity contribution in [3.63, 3.8) is 0 Å². The van der Waals surface area contributed by atoms with Gasteiger partial charge >= 0.3 is 0 Å². The SMILES string of the molecule is COc1ccc(S(=O)(=O)Nc2ccc(F)cc2)c(Cl)c1Cl. The molecule has 0 atom stereocenters. The van der Waals surface area contributed by atoms with Crippen molar-refractivity contribution in [2.45, 2.75) is 4.90 Å². The summed E-state index contributed by atoms with van der Waals surface area (Å²) in [6.07, 6.45) is 0. The van der Waals surface area contributed by atoms with Crippen LogP contribution in [0.25, 0.3) is 0 Å². The van der Waals surface area contributed by atoms with Gasteiger partial charge in [0.25, 0.3) is 10.0 Å². The molecule has 0 fully saturated rings. The van der Waals surface area contributed by atoms with E-state index in [0.717, 1.165) is 12.1 Å². The fraction of sp³-hybridized carbons (Fsp3) is 0.0769. The number of nitrogens with one attached hydrogen (secondary N) is 1. The first-order valence-corrected chi connectivity index (χ1v) is 7.89.